The number of nitrogens with one attached hydrogen (secondary N) is 1. The molecule has 0 spiro atoms. The molecule has 0 saturated heterocycles. The summed E-state index contributed by atoms with van der Waals surface area (Å²) in [7, 11) is 0. The number of hydrogen-bond acceptors (Lipinski definition) is 1. The number of nitrogens with zero attached hydrogens (tertiary/aromatic N) is 2. The van der Waals surface area contributed by atoms with E-state index in [0.29, 0.717) is 0 Å². The Balaban J connectivity index is 3.46. The Bertz CT molecular complexity index is 144. The van der Waals surface area contributed by atoms with Crippen molar-refractivity contribution in [3.8, 4) is 0 Å². The summed E-state index contributed by atoms with van der Waals surface area (Å²) in [5.74, 6) is 0. The standard InChI is InChI=1S/C6H9N3/c1-2-3-4-8-6-9-5-7/h2-7H,1H3/b3-2+,7-5?,8-4-,9-6-. The molecule has 0 atom stereocenters. The van der Waals surface area contributed by atoms with Crippen molar-refractivity contribution in [3.05, 3.63) is 12.2 Å². The van der Waals surface area contributed by atoms with Gasteiger partial charge < -0.3 is 0 Å². The number of hydrogen-bond donors (Lipinski definition) is 1. The Hall–Kier alpha value is -1.25. The van der Waals surface area contributed by atoms with E-state index in [-0.39, 0.29) is 0 Å². The summed E-state index contributed by atoms with van der Waals surface area (Å²) in [5, 5.41) is 6.47. The molecule has 0 aromatic rings. The highest BCUT2D eigenvalue weighted by molar-refractivity contribution is 5.82. The van der Waals surface area contributed by atoms with E-state index in [1.54, 1.807) is 12.3 Å². The minimum absolute atomic E-state index is 0.938. The Morgan fingerprint density at radius 3 is 2.67 bits per heavy atom. The lowest BCUT2D eigenvalue weighted by Crippen LogP contribution is -1.67. The number of allylic oxidation sites excluding steroid dienone is 2. The summed E-state index contributed by atoms with van der Waals surface area (Å²) >= 11 is 0. The summed E-state index contributed by atoms with van der Waals surface area (Å²) in [5.41, 5.74) is 0. The Morgan fingerprint density at radius 1 is 1.33 bits per heavy atom. The van der Waals surface area contributed by atoms with E-state index in [9.17, 15) is 0 Å². The van der Waals surface area contributed by atoms with Crippen molar-refractivity contribution in [2.24, 2.45) is 9.98 Å². The van der Waals surface area contributed by atoms with Gasteiger partial charge in [-0.15, -0.1) is 0 Å². The van der Waals surface area contributed by atoms with Gasteiger partial charge in [-0.05, 0) is 13.0 Å². The van der Waals surface area contributed by atoms with E-state index < -0.39 is 0 Å². The van der Waals surface area contributed by atoms with Crippen LogP contribution in [0.1, 0.15) is 6.92 Å². The summed E-state index contributed by atoms with van der Waals surface area (Å²) in [6.07, 6.45) is 7.50. The molecule has 0 aliphatic carbocycles. The number of rotatable bonds is 3. The van der Waals surface area contributed by atoms with Crippen LogP contribution in [0, 0.1) is 5.41 Å². The molecule has 0 bridgehead atoms. The van der Waals surface area contributed by atoms with Gasteiger partial charge in [0.15, 0.2) is 0 Å². The van der Waals surface area contributed by atoms with Crippen LogP contribution in [0.5, 0.6) is 0 Å². The average Bonchev–Trinajstić information content (AvgIpc) is 1.89. The van der Waals surface area contributed by atoms with Gasteiger partial charge in [0.25, 0.3) is 0 Å². The summed E-state index contributed by atoms with van der Waals surface area (Å²) < 4.78 is 0. The zero-order valence-electron chi connectivity index (χ0n) is 5.28. The first-order valence-corrected chi connectivity index (χ1v) is 2.57. The van der Waals surface area contributed by atoms with Crippen LogP contribution in [-0.4, -0.2) is 18.9 Å². The smallest absolute Gasteiger partial charge is 0.117 e. The monoisotopic (exact) mass is 123 g/mol. The molecule has 0 saturated carbocycles. The van der Waals surface area contributed by atoms with Crippen molar-refractivity contribution in [1.29, 1.82) is 5.41 Å². The molecule has 0 heterocycles. The minimum Gasteiger partial charge on any atom is -0.289 e. The first-order valence-electron chi connectivity index (χ1n) is 2.57. The van der Waals surface area contributed by atoms with Crippen LogP contribution >= 0.6 is 0 Å². The van der Waals surface area contributed by atoms with Crippen molar-refractivity contribution < 1.29 is 0 Å². The molecule has 0 rings (SSSR count). The fraction of sp³-hybridized carbons (Fsp3) is 0.167. The molecular formula is C6H9N3. The second-order valence-corrected chi connectivity index (χ2v) is 1.22. The average molecular weight is 123 g/mol. The van der Waals surface area contributed by atoms with Crippen LogP contribution in [-0.2, 0) is 0 Å². The van der Waals surface area contributed by atoms with Gasteiger partial charge in [-0.3, -0.25) is 5.41 Å². The van der Waals surface area contributed by atoms with Gasteiger partial charge in [-0.2, -0.15) is 0 Å². The molecule has 0 aliphatic rings. The lowest BCUT2D eigenvalue weighted by atomic mass is 10.6. The van der Waals surface area contributed by atoms with Gasteiger partial charge >= 0.3 is 0 Å². The van der Waals surface area contributed by atoms with E-state index in [2.05, 4.69) is 9.98 Å². The third-order valence-corrected chi connectivity index (χ3v) is 0.572. The predicted octanol–water partition coefficient (Wildman–Crippen LogP) is 1.27. The van der Waals surface area contributed by atoms with E-state index in [0.717, 1.165) is 6.34 Å². The third-order valence-electron chi connectivity index (χ3n) is 0.572. The molecule has 0 unspecified atom stereocenters. The first-order chi connectivity index (χ1) is 4.41. The van der Waals surface area contributed by atoms with Crippen LogP contribution in [0.25, 0.3) is 0 Å². The molecule has 0 amide bonds. The van der Waals surface area contributed by atoms with Gasteiger partial charge in [0.05, 0.1) is 0 Å². The van der Waals surface area contributed by atoms with Crippen LogP contribution in [0.2, 0.25) is 0 Å². The third kappa shape index (κ3) is 6.75. The van der Waals surface area contributed by atoms with Crippen LogP contribution in [0.4, 0.5) is 0 Å². The van der Waals surface area contributed by atoms with E-state index in [1.807, 2.05) is 13.0 Å². The maximum atomic E-state index is 6.47. The van der Waals surface area contributed by atoms with E-state index in [4.69, 9.17) is 5.41 Å². The van der Waals surface area contributed by atoms with Gasteiger partial charge in [0.1, 0.15) is 12.7 Å². The predicted molar refractivity (Wildman–Crippen MR) is 40.6 cm³/mol. The molecule has 3 nitrogen and oxygen atoms in total. The van der Waals surface area contributed by atoms with Crippen LogP contribution < -0.4 is 0 Å². The second kappa shape index (κ2) is 6.75. The Kier molecular flexibility index (Phi) is 5.81. The SMILES string of the molecule is C/C=C/C=N\C=N/C=N. The van der Waals surface area contributed by atoms with Gasteiger partial charge in [0.2, 0.25) is 0 Å². The maximum absolute atomic E-state index is 6.47. The number of aliphatic imine (C=N–C) groups is 2. The van der Waals surface area contributed by atoms with Crippen molar-refractivity contribution in [3.63, 3.8) is 0 Å². The molecule has 0 aromatic heterocycles. The van der Waals surface area contributed by atoms with Crippen LogP contribution in [0.3, 0.4) is 0 Å². The normalized spacial score (nSPS) is 12.1. The molecule has 9 heavy (non-hydrogen) atoms. The second-order valence-electron chi connectivity index (χ2n) is 1.22. The van der Waals surface area contributed by atoms with Gasteiger partial charge in [-0.1, -0.05) is 6.08 Å². The van der Waals surface area contributed by atoms with Crippen molar-refractivity contribution in [2.75, 3.05) is 0 Å². The fourth-order valence-electron chi connectivity index (χ4n) is 0.246. The highest BCUT2D eigenvalue weighted by Gasteiger charge is 1.58. The molecule has 0 aliphatic heterocycles. The molecular weight excluding hydrogens is 114 g/mol. The van der Waals surface area contributed by atoms with Crippen molar-refractivity contribution >= 4 is 18.9 Å². The van der Waals surface area contributed by atoms with E-state index in [1.165, 1.54) is 6.34 Å². The molecule has 0 fully saturated rings. The Morgan fingerprint density at radius 2 is 2.11 bits per heavy atom. The van der Waals surface area contributed by atoms with Crippen LogP contribution in [0.15, 0.2) is 22.1 Å². The largest absolute Gasteiger partial charge is 0.289 e. The van der Waals surface area contributed by atoms with E-state index >= 15 is 0 Å². The highest BCUT2D eigenvalue weighted by Crippen LogP contribution is 1.64. The van der Waals surface area contributed by atoms with Crippen molar-refractivity contribution in [2.45, 2.75) is 6.92 Å². The topological polar surface area (TPSA) is 48.6 Å². The quantitative estimate of drug-likeness (QED) is 0.434. The molecule has 3 heteroatoms. The molecule has 0 radical (unpaired) electrons. The highest BCUT2D eigenvalue weighted by atomic mass is 14.9. The molecule has 48 valence electrons. The summed E-state index contributed by atoms with van der Waals surface area (Å²) in [4.78, 5) is 7.12. The van der Waals surface area contributed by atoms with Gasteiger partial charge in [0, 0.05) is 6.21 Å². The van der Waals surface area contributed by atoms with Gasteiger partial charge in [-0.25, -0.2) is 9.98 Å². The molecule has 0 aromatic carbocycles. The minimum atomic E-state index is 0.938. The zero-order chi connectivity index (χ0) is 6.95. The zero-order valence-corrected chi connectivity index (χ0v) is 5.28. The molecule has 1 N–H and O–H groups in total. The lowest BCUT2D eigenvalue weighted by molar-refractivity contribution is 1.51. The first kappa shape index (κ1) is 7.75. The summed E-state index contributed by atoms with van der Waals surface area (Å²) in [6, 6.07) is 0. The fourth-order valence-corrected chi connectivity index (χ4v) is 0.246. The summed E-state index contributed by atoms with van der Waals surface area (Å²) in [6.45, 7) is 1.90. The lowest BCUT2D eigenvalue weighted by Gasteiger charge is -1.69. The Labute approximate surface area is 54.4 Å². The maximum Gasteiger partial charge on any atom is 0.117 e. The van der Waals surface area contributed by atoms with Crippen molar-refractivity contribution in [1.82, 2.24) is 0 Å².